The molecule has 0 unspecified atom stereocenters. The second-order valence-corrected chi connectivity index (χ2v) is 6.68. The van der Waals surface area contributed by atoms with Gasteiger partial charge in [-0.2, -0.15) is 18.4 Å². The predicted octanol–water partition coefficient (Wildman–Crippen LogP) is 5.20. The highest BCUT2D eigenvalue weighted by atomic mass is 32.2. The van der Waals surface area contributed by atoms with Crippen molar-refractivity contribution >= 4 is 29.1 Å². The molecular formula is C16H12F3NO2S2. The van der Waals surface area contributed by atoms with Crippen molar-refractivity contribution < 1.29 is 22.7 Å². The highest BCUT2D eigenvalue weighted by Crippen LogP contribution is 2.42. The van der Waals surface area contributed by atoms with Crippen LogP contribution in [0.1, 0.15) is 27.7 Å². The first-order valence-electron chi connectivity index (χ1n) is 6.79. The van der Waals surface area contributed by atoms with E-state index in [9.17, 15) is 23.2 Å². The van der Waals surface area contributed by atoms with E-state index in [1.54, 1.807) is 13.2 Å². The summed E-state index contributed by atoms with van der Waals surface area (Å²) in [5, 5.41) is 9.41. The fraction of sp³-hybridized carbons (Fsp3) is 0.250. The average Bonchev–Trinajstić information content (AvgIpc) is 2.93. The molecule has 0 atom stereocenters. The fourth-order valence-electron chi connectivity index (χ4n) is 2.10. The lowest BCUT2D eigenvalue weighted by molar-refractivity contribution is -0.137. The van der Waals surface area contributed by atoms with Crippen LogP contribution in [0.2, 0.25) is 0 Å². The quantitative estimate of drug-likeness (QED) is 0.547. The van der Waals surface area contributed by atoms with Crippen LogP contribution < -0.4 is 0 Å². The minimum Gasteiger partial charge on any atom is -0.462 e. The lowest BCUT2D eigenvalue weighted by Gasteiger charge is -2.08. The van der Waals surface area contributed by atoms with Crippen molar-refractivity contribution in [1.82, 2.24) is 0 Å². The maximum absolute atomic E-state index is 12.7. The zero-order chi connectivity index (χ0) is 17.9. The summed E-state index contributed by atoms with van der Waals surface area (Å²) in [6.07, 6.45) is -2.68. The first-order valence-corrected chi connectivity index (χ1v) is 8.83. The minimum absolute atomic E-state index is 0.166. The van der Waals surface area contributed by atoms with Gasteiger partial charge in [-0.25, -0.2) is 4.79 Å². The van der Waals surface area contributed by atoms with E-state index in [0.717, 1.165) is 23.5 Å². The van der Waals surface area contributed by atoms with Gasteiger partial charge in [-0.1, -0.05) is 12.1 Å². The third-order valence-corrected chi connectivity index (χ3v) is 5.42. The molecule has 0 N–H and O–H groups in total. The number of esters is 1. The van der Waals surface area contributed by atoms with E-state index >= 15 is 0 Å². The molecule has 1 aromatic carbocycles. The molecule has 0 fully saturated rings. The van der Waals surface area contributed by atoms with Crippen LogP contribution in [0.3, 0.4) is 0 Å². The Hall–Kier alpha value is -1.98. The molecule has 2 rings (SSSR count). The number of thiophene rings is 1. The van der Waals surface area contributed by atoms with Crippen LogP contribution in [-0.4, -0.2) is 18.8 Å². The minimum atomic E-state index is -4.44. The Morgan fingerprint density at radius 3 is 2.42 bits per heavy atom. The van der Waals surface area contributed by atoms with Gasteiger partial charge in [-0.3, -0.25) is 0 Å². The lowest BCUT2D eigenvalue weighted by atomic mass is 10.0. The van der Waals surface area contributed by atoms with E-state index in [4.69, 9.17) is 4.74 Å². The standard InChI is InChI=1S/C16H12F3NO2S2/c1-3-22-14(21)13-12(11(8-20)15(23-2)24-13)9-4-6-10(7-5-9)16(17,18)19/h4-7H,3H2,1-2H3. The molecule has 1 heterocycles. The molecule has 0 amide bonds. The summed E-state index contributed by atoms with van der Waals surface area (Å²) in [7, 11) is 0. The normalized spacial score (nSPS) is 11.2. The average molecular weight is 371 g/mol. The van der Waals surface area contributed by atoms with E-state index < -0.39 is 17.7 Å². The number of hydrogen-bond donors (Lipinski definition) is 0. The van der Waals surface area contributed by atoms with Crippen molar-refractivity contribution in [1.29, 1.82) is 5.26 Å². The molecule has 24 heavy (non-hydrogen) atoms. The molecule has 0 spiro atoms. The summed E-state index contributed by atoms with van der Waals surface area (Å²) in [6.45, 7) is 1.82. The molecule has 126 valence electrons. The van der Waals surface area contributed by atoms with Crippen molar-refractivity contribution in [3.05, 3.63) is 40.3 Å². The number of nitrogens with zero attached hydrogens (tertiary/aromatic N) is 1. The molecule has 0 saturated carbocycles. The van der Waals surface area contributed by atoms with Gasteiger partial charge in [0.15, 0.2) is 0 Å². The van der Waals surface area contributed by atoms with Crippen LogP contribution in [0.4, 0.5) is 13.2 Å². The Balaban J connectivity index is 2.61. The largest absolute Gasteiger partial charge is 0.462 e. The van der Waals surface area contributed by atoms with Crippen molar-refractivity contribution in [2.24, 2.45) is 0 Å². The molecule has 1 aromatic heterocycles. The molecular weight excluding hydrogens is 359 g/mol. The van der Waals surface area contributed by atoms with Crippen molar-refractivity contribution in [2.75, 3.05) is 12.9 Å². The Morgan fingerprint density at radius 2 is 1.96 bits per heavy atom. The molecule has 0 bridgehead atoms. The first-order chi connectivity index (χ1) is 11.3. The molecule has 0 saturated heterocycles. The van der Waals surface area contributed by atoms with Crippen LogP contribution >= 0.6 is 23.1 Å². The van der Waals surface area contributed by atoms with Gasteiger partial charge < -0.3 is 4.74 Å². The molecule has 0 radical (unpaired) electrons. The highest BCUT2D eigenvalue weighted by Gasteiger charge is 2.31. The molecule has 8 heteroatoms. The monoisotopic (exact) mass is 371 g/mol. The molecule has 0 aliphatic rings. The summed E-state index contributed by atoms with van der Waals surface area (Å²) in [5.41, 5.74) is 0.177. The van der Waals surface area contributed by atoms with Crippen LogP contribution in [0.15, 0.2) is 28.5 Å². The van der Waals surface area contributed by atoms with Crippen LogP contribution in [0, 0.1) is 11.3 Å². The first kappa shape index (κ1) is 18.4. The molecule has 0 aliphatic carbocycles. The van der Waals surface area contributed by atoms with Gasteiger partial charge in [-0.15, -0.1) is 23.1 Å². The number of nitriles is 1. The number of ether oxygens (including phenoxy) is 1. The zero-order valence-electron chi connectivity index (χ0n) is 12.7. The van der Waals surface area contributed by atoms with E-state index in [1.807, 2.05) is 6.07 Å². The number of carbonyl (C=O) groups excluding carboxylic acids is 1. The number of alkyl halides is 3. The van der Waals surface area contributed by atoms with Gasteiger partial charge in [0, 0.05) is 5.56 Å². The lowest BCUT2D eigenvalue weighted by Crippen LogP contribution is -2.05. The van der Waals surface area contributed by atoms with Crippen molar-refractivity contribution in [3.8, 4) is 17.2 Å². The summed E-state index contributed by atoms with van der Waals surface area (Å²) >= 11 is 2.41. The van der Waals surface area contributed by atoms with Crippen LogP contribution in [0.25, 0.3) is 11.1 Å². The summed E-state index contributed by atoms with van der Waals surface area (Å²) < 4.78 is 43.7. The Morgan fingerprint density at radius 1 is 1.33 bits per heavy atom. The van der Waals surface area contributed by atoms with Gasteiger partial charge in [0.2, 0.25) is 0 Å². The Bertz CT molecular complexity index is 789. The predicted molar refractivity (Wildman–Crippen MR) is 87.2 cm³/mol. The van der Waals surface area contributed by atoms with Gasteiger partial charge in [0.1, 0.15) is 10.9 Å². The van der Waals surface area contributed by atoms with Crippen molar-refractivity contribution in [2.45, 2.75) is 17.3 Å². The molecule has 3 nitrogen and oxygen atoms in total. The third kappa shape index (κ3) is 3.57. The Kier molecular flexibility index (Phi) is 5.57. The van der Waals surface area contributed by atoms with Gasteiger partial charge in [0.05, 0.1) is 21.9 Å². The zero-order valence-corrected chi connectivity index (χ0v) is 14.4. The number of carbonyl (C=O) groups is 1. The topological polar surface area (TPSA) is 50.1 Å². The second kappa shape index (κ2) is 7.28. The van der Waals surface area contributed by atoms with E-state index in [-0.39, 0.29) is 17.0 Å². The smallest absolute Gasteiger partial charge is 0.416 e. The third-order valence-electron chi connectivity index (χ3n) is 3.13. The van der Waals surface area contributed by atoms with Crippen LogP contribution in [-0.2, 0) is 10.9 Å². The fourth-order valence-corrected chi connectivity index (χ4v) is 3.93. The Labute approximate surface area is 145 Å². The molecule has 0 aliphatic heterocycles. The van der Waals surface area contributed by atoms with Gasteiger partial charge in [0.25, 0.3) is 0 Å². The number of hydrogen-bond acceptors (Lipinski definition) is 5. The number of benzene rings is 1. The van der Waals surface area contributed by atoms with Gasteiger partial charge >= 0.3 is 12.1 Å². The number of thioether (sulfide) groups is 1. The highest BCUT2D eigenvalue weighted by molar-refractivity contribution is 8.00. The maximum atomic E-state index is 12.7. The molecule has 2 aromatic rings. The van der Waals surface area contributed by atoms with E-state index in [0.29, 0.717) is 15.3 Å². The summed E-state index contributed by atoms with van der Waals surface area (Å²) in [4.78, 5) is 12.4. The van der Waals surface area contributed by atoms with E-state index in [2.05, 4.69) is 0 Å². The maximum Gasteiger partial charge on any atom is 0.416 e. The second-order valence-electron chi connectivity index (χ2n) is 4.58. The summed E-state index contributed by atoms with van der Waals surface area (Å²) in [5.74, 6) is -0.589. The van der Waals surface area contributed by atoms with Crippen molar-refractivity contribution in [3.63, 3.8) is 0 Å². The number of halogens is 3. The summed E-state index contributed by atoms with van der Waals surface area (Å²) in [6, 6.07) is 6.43. The SMILES string of the molecule is CCOC(=O)c1sc(SC)c(C#N)c1-c1ccc(C(F)(F)F)cc1. The van der Waals surface area contributed by atoms with Crippen LogP contribution in [0.5, 0.6) is 0 Å². The van der Waals surface area contributed by atoms with Gasteiger partial charge in [-0.05, 0) is 30.9 Å². The number of rotatable bonds is 4. The van der Waals surface area contributed by atoms with E-state index in [1.165, 1.54) is 23.9 Å².